The first-order valence-corrected chi connectivity index (χ1v) is 14.6. The lowest BCUT2D eigenvalue weighted by atomic mass is 9.97. The van der Waals surface area contributed by atoms with Gasteiger partial charge in [-0.15, -0.1) is 0 Å². The lowest BCUT2D eigenvalue weighted by Crippen LogP contribution is -2.68. The van der Waals surface area contributed by atoms with E-state index in [2.05, 4.69) is 55.1 Å². The molecule has 0 spiro atoms. The van der Waals surface area contributed by atoms with E-state index in [1.54, 1.807) is 0 Å². The Balaban J connectivity index is 1.64. The van der Waals surface area contributed by atoms with Gasteiger partial charge in [0.25, 0.3) is 8.32 Å². The largest absolute Gasteiger partial charge is 0.405 e. The summed E-state index contributed by atoms with van der Waals surface area (Å²) in [6.45, 7) is 6.68. The third kappa shape index (κ3) is 5.85. The van der Waals surface area contributed by atoms with Crippen LogP contribution < -0.4 is 10.4 Å². The van der Waals surface area contributed by atoms with Crippen LogP contribution in [0.2, 0.25) is 5.04 Å². The van der Waals surface area contributed by atoms with Crippen LogP contribution in [0.4, 0.5) is 0 Å². The van der Waals surface area contributed by atoms with E-state index in [1.807, 2.05) is 66.7 Å². The lowest BCUT2D eigenvalue weighted by molar-refractivity contribution is -0.257. The van der Waals surface area contributed by atoms with Gasteiger partial charge in [0, 0.05) is 4.91 Å². The molecular formula is C29H35N3O5Si. The summed E-state index contributed by atoms with van der Waals surface area (Å²) in [4.78, 5) is 2.84. The van der Waals surface area contributed by atoms with Crippen molar-refractivity contribution in [1.29, 1.82) is 0 Å². The van der Waals surface area contributed by atoms with Crippen LogP contribution >= 0.6 is 0 Å². The van der Waals surface area contributed by atoms with Gasteiger partial charge < -0.3 is 24.1 Å². The first-order valence-electron chi connectivity index (χ1n) is 12.7. The number of benzene rings is 3. The Kier molecular flexibility index (Phi) is 9.01. The Bertz CT molecular complexity index is 1160. The van der Waals surface area contributed by atoms with E-state index < -0.39 is 39.0 Å². The lowest BCUT2D eigenvalue weighted by Gasteiger charge is -2.46. The Labute approximate surface area is 224 Å². The van der Waals surface area contributed by atoms with Gasteiger partial charge >= 0.3 is 0 Å². The third-order valence-corrected chi connectivity index (χ3v) is 12.0. The number of nitrogens with zero attached hydrogens (tertiary/aromatic N) is 3. The molecule has 1 fully saturated rings. The van der Waals surface area contributed by atoms with Crippen molar-refractivity contribution in [2.45, 2.75) is 63.1 Å². The van der Waals surface area contributed by atoms with Gasteiger partial charge in [-0.1, -0.05) is 117 Å². The van der Waals surface area contributed by atoms with Crippen molar-refractivity contribution in [2.75, 3.05) is 6.61 Å². The molecule has 0 bridgehead atoms. The van der Waals surface area contributed by atoms with E-state index in [-0.39, 0.29) is 18.3 Å². The maximum absolute atomic E-state index is 11.4. The first kappa shape index (κ1) is 28.0. The van der Waals surface area contributed by atoms with Crippen LogP contribution in [0.15, 0.2) is 96.1 Å². The molecule has 0 radical (unpaired) electrons. The summed E-state index contributed by atoms with van der Waals surface area (Å²) in [6.07, 6.45) is -4.54. The number of hydrogen-bond acceptors (Lipinski definition) is 6. The average molecular weight is 534 g/mol. The second-order valence-corrected chi connectivity index (χ2v) is 14.8. The maximum atomic E-state index is 11.4. The molecule has 2 N–H and O–H groups in total. The van der Waals surface area contributed by atoms with Gasteiger partial charge in [-0.2, -0.15) is 0 Å². The molecule has 200 valence electrons. The molecule has 9 heteroatoms. The second-order valence-electron chi connectivity index (χ2n) is 10.5. The molecule has 1 aliphatic rings. The number of aliphatic hydroxyl groups is 2. The molecular weight excluding hydrogens is 498 g/mol. The van der Waals surface area contributed by atoms with Crippen molar-refractivity contribution in [3.8, 4) is 0 Å². The zero-order chi connectivity index (χ0) is 27.2. The Hall–Kier alpha value is -3.01. The molecule has 3 aromatic rings. The fourth-order valence-electron chi connectivity index (χ4n) is 5.17. The van der Waals surface area contributed by atoms with Crippen molar-refractivity contribution < 1.29 is 24.1 Å². The summed E-state index contributed by atoms with van der Waals surface area (Å²) in [5.74, 6) is 0. The Morgan fingerprint density at radius 2 is 1.42 bits per heavy atom. The minimum atomic E-state index is -2.91. The molecule has 1 heterocycles. The van der Waals surface area contributed by atoms with Crippen molar-refractivity contribution in [1.82, 2.24) is 0 Å². The van der Waals surface area contributed by atoms with E-state index in [0.717, 1.165) is 15.9 Å². The van der Waals surface area contributed by atoms with E-state index in [1.165, 1.54) is 0 Å². The van der Waals surface area contributed by atoms with Crippen molar-refractivity contribution in [3.63, 3.8) is 0 Å². The van der Waals surface area contributed by atoms with E-state index >= 15 is 0 Å². The van der Waals surface area contributed by atoms with Gasteiger partial charge in [0.2, 0.25) is 0 Å². The minimum absolute atomic E-state index is 0.0136. The fourth-order valence-corrected chi connectivity index (χ4v) is 9.74. The first-order chi connectivity index (χ1) is 18.3. The Morgan fingerprint density at radius 3 is 1.92 bits per heavy atom. The van der Waals surface area contributed by atoms with Crippen LogP contribution in [0.25, 0.3) is 10.4 Å². The summed E-state index contributed by atoms with van der Waals surface area (Å²) in [5.41, 5.74) is 9.97. The maximum Gasteiger partial charge on any atom is 0.261 e. The van der Waals surface area contributed by atoms with Gasteiger partial charge in [0.1, 0.15) is 18.2 Å². The summed E-state index contributed by atoms with van der Waals surface area (Å²) in [6, 6.07) is 28.7. The zero-order valence-corrected chi connectivity index (χ0v) is 22.9. The standard InChI is InChI=1S/C29H35N3O5Si/c1-29(2,3)38(22-15-9-5-10-16-22,23-17-11-6-12-18-23)36-20-24-26(33)27(25(31-32-30)28(34)37-24)35-19-21-13-7-4-8-14-21/h4-18,24-28,33-34H,19-20H2,1-3H3/t24-,25-,26-,27-,28?/m1/s1. The number of aliphatic hydroxyl groups excluding tert-OH is 2. The monoisotopic (exact) mass is 533 g/mol. The van der Waals surface area contributed by atoms with Crippen LogP contribution in [0, 0.1) is 0 Å². The molecule has 5 atom stereocenters. The molecule has 3 aromatic carbocycles. The molecule has 1 unspecified atom stereocenters. The molecule has 0 aromatic heterocycles. The summed E-state index contributed by atoms with van der Waals surface area (Å²) in [5, 5.41) is 27.7. The fraction of sp³-hybridized carbons (Fsp3) is 0.379. The van der Waals surface area contributed by atoms with Gasteiger partial charge in [0.05, 0.1) is 19.3 Å². The summed E-state index contributed by atoms with van der Waals surface area (Å²) >= 11 is 0. The smallest absolute Gasteiger partial charge is 0.261 e. The average Bonchev–Trinajstić information content (AvgIpc) is 2.92. The number of hydrogen-bond donors (Lipinski definition) is 2. The summed E-state index contributed by atoms with van der Waals surface area (Å²) in [7, 11) is -2.91. The van der Waals surface area contributed by atoms with Crippen LogP contribution in [-0.2, 0) is 20.5 Å². The minimum Gasteiger partial charge on any atom is -0.405 e. The van der Waals surface area contributed by atoms with Crippen LogP contribution in [0.1, 0.15) is 26.3 Å². The van der Waals surface area contributed by atoms with E-state index in [0.29, 0.717) is 0 Å². The molecule has 1 aliphatic heterocycles. The van der Waals surface area contributed by atoms with Gasteiger partial charge in [0.15, 0.2) is 6.29 Å². The van der Waals surface area contributed by atoms with Gasteiger partial charge in [-0.25, -0.2) is 0 Å². The normalized spacial score (nSPS) is 24.0. The summed E-state index contributed by atoms with van der Waals surface area (Å²) < 4.78 is 18.7. The predicted octanol–water partition coefficient (Wildman–Crippen LogP) is 3.91. The van der Waals surface area contributed by atoms with E-state index in [9.17, 15) is 10.2 Å². The molecule has 8 nitrogen and oxygen atoms in total. The quantitative estimate of drug-likeness (QED) is 0.187. The zero-order valence-electron chi connectivity index (χ0n) is 21.9. The second kappa shape index (κ2) is 12.2. The molecule has 1 saturated heterocycles. The topological polar surface area (TPSA) is 117 Å². The number of azide groups is 1. The highest BCUT2D eigenvalue weighted by Crippen LogP contribution is 2.37. The highest BCUT2D eigenvalue weighted by atomic mass is 28.4. The highest BCUT2D eigenvalue weighted by molar-refractivity contribution is 6.99. The van der Waals surface area contributed by atoms with Crippen molar-refractivity contribution in [3.05, 3.63) is 107 Å². The SMILES string of the molecule is CC(C)(C)[Si](OC[C@H]1OC(O)[C@H](N=[N+]=[N-])[C@@H](OCc2ccccc2)[C@@H]1O)(c1ccccc1)c1ccccc1. The van der Waals surface area contributed by atoms with E-state index in [4.69, 9.17) is 19.4 Å². The van der Waals surface area contributed by atoms with Crippen molar-refractivity contribution >= 4 is 18.7 Å². The molecule has 38 heavy (non-hydrogen) atoms. The molecule has 4 rings (SSSR count). The molecule has 0 saturated carbocycles. The molecule has 0 aliphatic carbocycles. The van der Waals surface area contributed by atoms with Crippen LogP contribution in [0.5, 0.6) is 0 Å². The third-order valence-electron chi connectivity index (χ3n) is 7.01. The van der Waals surface area contributed by atoms with Crippen LogP contribution in [-0.4, -0.2) is 55.8 Å². The van der Waals surface area contributed by atoms with Gasteiger partial charge in [-0.05, 0) is 26.5 Å². The Morgan fingerprint density at radius 1 is 0.895 bits per heavy atom. The number of ether oxygens (including phenoxy) is 2. The van der Waals surface area contributed by atoms with Gasteiger partial charge in [-0.3, -0.25) is 0 Å². The number of rotatable bonds is 9. The predicted molar refractivity (Wildman–Crippen MR) is 148 cm³/mol. The van der Waals surface area contributed by atoms with Crippen LogP contribution in [0.3, 0.4) is 0 Å². The highest BCUT2D eigenvalue weighted by Gasteiger charge is 2.52. The molecule has 0 amide bonds. The van der Waals surface area contributed by atoms with Crippen molar-refractivity contribution in [2.24, 2.45) is 5.11 Å².